The van der Waals surface area contributed by atoms with Crippen LogP contribution >= 0.6 is 23.2 Å². The van der Waals surface area contributed by atoms with E-state index in [4.69, 9.17) is 23.2 Å². The molecule has 6 heteroatoms. The van der Waals surface area contributed by atoms with Crippen LogP contribution in [0.4, 0.5) is 11.4 Å². The van der Waals surface area contributed by atoms with Crippen LogP contribution in [0.3, 0.4) is 0 Å². The maximum atomic E-state index is 12.5. The van der Waals surface area contributed by atoms with Gasteiger partial charge in [0.15, 0.2) is 0 Å². The number of anilines is 2. The Labute approximate surface area is 155 Å². The van der Waals surface area contributed by atoms with Crippen molar-refractivity contribution >= 4 is 46.4 Å². The summed E-state index contributed by atoms with van der Waals surface area (Å²) in [5.41, 5.74) is 4.51. The van der Waals surface area contributed by atoms with E-state index in [1.807, 2.05) is 17.0 Å². The number of nitrogens with zero attached hydrogens (tertiary/aromatic N) is 1. The average Bonchev–Trinajstić information content (AvgIpc) is 2.60. The normalized spacial score (nSPS) is 15.8. The SMILES string of the molecule is O=C(Nc1cc2c3c(c1)CCC(=O)N3CCC2)c1ccc(Cl)c(Cl)c1. The van der Waals surface area contributed by atoms with Crippen molar-refractivity contribution in [1.29, 1.82) is 0 Å². The van der Waals surface area contributed by atoms with Gasteiger partial charge in [-0.05, 0) is 60.7 Å². The van der Waals surface area contributed by atoms with Gasteiger partial charge in [0, 0.05) is 24.2 Å². The molecule has 4 rings (SSSR count). The zero-order valence-electron chi connectivity index (χ0n) is 13.4. The molecule has 2 aromatic carbocycles. The molecule has 25 heavy (non-hydrogen) atoms. The summed E-state index contributed by atoms with van der Waals surface area (Å²) in [7, 11) is 0. The van der Waals surface area contributed by atoms with Crippen LogP contribution in [0.2, 0.25) is 10.0 Å². The fourth-order valence-electron chi connectivity index (χ4n) is 3.57. The minimum Gasteiger partial charge on any atom is -0.322 e. The van der Waals surface area contributed by atoms with Gasteiger partial charge < -0.3 is 10.2 Å². The molecule has 0 bridgehead atoms. The Morgan fingerprint density at radius 2 is 1.76 bits per heavy atom. The van der Waals surface area contributed by atoms with Gasteiger partial charge in [0.25, 0.3) is 5.91 Å². The molecule has 0 aliphatic carbocycles. The third kappa shape index (κ3) is 3.00. The zero-order valence-corrected chi connectivity index (χ0v) is 15.0. The van der Waals surface area contributed by atoms with E-state index in [1.54, 1.807) is 18.2 Å². The van der Waals surface area contributed by atoms with Crippen molar-refractivity contribution in [2.45, 2.75) is 25.7 Å². The lowest BCUT2D eigenvalue weighted by Crippen LogP contribution is -2.39. The molecule has 0 unspecified atom stereocenters. The maximum Gasteiger partial charge on any atom is 0.255 e. The summed E-state index contributed by atoms with van der Waals surface area (Å²) in [4.78, 5) is 26.5. The summed E-state index contributed by atoms with van der Waals surface area (Å²) in [5.74, 6) is -0.0358. The third-order valence-electron chi connectivity index (χ3n) is 4.71. The molecule has 2 amide bonds. The van der Waals surface area contributed by atoms with Crippen molar-refractivity contribution in [3.8, 4) is 0 Å². The Morgan fingerprint density at radius 1 is 1.00 bits per heavy atom. The molecule has 0 fully saturated rings. The number of halogens is 2. The standard InChI is InChI=1S/C19H16Cl2N2O2/c20-15-5-3-13(10-16(15)21)19(25)22-14-8-11-2-1-7-23-17(24)6-4-12(9-14)18(11)23/h3,5,8-10H,1-2,4,6-7H2,(H,22,25). The van der Waals surface area contributed by atoms with Crippen LogP contribution in [0.1, 0.15) is 34.3 Å². The number of carbonyl (C=O) groups is 2. The molecule has 0 aromatic heterocycles. The van der Waals surface area contributed by atoms with Crippen LogP contribution in [-0.2, 0) is 17.6 Å². The van der Waals surface area contributed by atoms with Crippen molar-refractivity contribution in [2.75, 3.05) is 16.8 Å². The summed E-state index contributed by atoms with van der Waals surface area (Å²) in [6.45, 7) is 0.786. The van der Waals surface area contributed by atoms with Gasteiger partial charge in [-0.2, -0.15) is 0 Å². The second-order valence-corrected chi connectivity index (χ2v) is 7.19. The molecule has 2 aromatic rings. The number of hydrogen-bond donors (Lipinski definition) is 1. The fourth-order valence-corrected chi connectivity index (χ4v) is 3.86. The molecule has 4 nitrogen and oxygen atoms in total. The predicted molar refractivity (Wildman–Crippen MR) is 99.9 cm³/mol. The zero-order chi connectivity index (χ0) is 17.6. The molecule has 0 spiro atoms. The summed E-state index contributed by atoms with van der Waals surface area (Å²) in [5, 5.41) is 3.70. The molecule has 1 N–H and O–H groups in total. The smallest absolute Gasteiger partial charge is 0.255 e. The van der Waals surface area contributed by atoms with Crippen molar-refractivity contribution < 1.29 is 9.59 Å². The van der Waals surface area contributed by atoms with Gasteiger partial charge in [-0.15, -0.1) is 0 Å². The Bertz CT molecular complexity index is 878. The molecule has 2 aliphatic heterocycles. The Kier molecular flexibility index (Phi) is 4.18. The first-order valence-corrected chi connectivity index (χ1v) is 9.01. The largest absolute Gasteiger partial charge is 0.322 e. The first kappa shape index (κ1) is 16.4. The molecule has 128 valence electrons. The van der Waals surface area contributed by atoms with Gasteiger partial charge in [-0.3, -0.25) is 9.59 Å². The number of aryl methyl sites for hydroxylation is 2. The highest BCUT2D eigenvalue weighted by Gasteiger charge is 2.29. The highest BCUT2D eigenvalue weighted by atomic mass is 35.5. The maximum absolute atomic E-state index is 12.5. The lowest BCUT2D eigenvalue weighted by atomic mass is 9.91. The summed E-state index contributed by atoms with van der Waals surface area (Å²) >= 11 is 11.9. The summed E-state index contributed by atoms with van der Waals surface area (Å²) in [6.07, 6.45) is 3.11. The topological polar surface area (TPSA) is 49.4 Å². The van der Waals surface area contributed by atoms with Crippen LogP contribution in [0.15, 0.2) is 30.3 Å². The minimum atomic E-state index is -0.231. The molecular weight excluding hydrogens is 359 g/mol. The quantitative estimate of drug-likeness (QED) is 0.842. The van der Waals surface area contributed by atoms with Crippen LogP contribution in [0.5, 0.6) is 0 Å². The highest BCUT2D eigenvalue weighted by molar-refractivity contribution is 6.42. The van der Waals surface area contributed by atoms with E-state index in [2.05, 4.69) is 5.32 Å². The number of nitrogens with one attached hydrogen (secondary N) is 1. The van der Waals surface area contributed by atoms with Crippen LogP contribution in [-0.4, -0.2) is 18.4 Å². The van der Waals surface area contributed by atoms with Gasteiger partial charge in [-0.25, -0.2) is 0 Å². The van der Waals surface area contributed by atoms with Crippen molar-refractivity contribution in [2.24, 2.45) is 0 Å². The van der Waals surface area contributed by atoms with Crippen LogP contribution in [0.25, 0.3) is 0 Å². The van der Waals surface area contributed by atoms with Gasteiger partial charge in [0.2, 0.25) is 5.91 Å². The number of benzene rings is 2. The first-order valence-electron chi connectivity index (χ1n) is 8.25. The Morgan fingerprint density at radius 3 is 2.52 bits per heavy atom. The number of amides is 2. The molecule has 0 radical (unpaired) electrons. The van der Waals surface area contributed by atoms with Gasteiger partial charge in [-0.1, -0.05) is 23.2 Å². The van der Waals surface area contributed by atoms with E-state index in [9.17, 15) is 9.59 Å². The molecule has 2 aliphatic rings. The van der Waals surface area contributed by atoms with Gasteiger partial charge in [0.05, 0.1) is 15.7 Å². The third-order valence-corrected chi connectivity index (χ3v) is 5.45. The van der Waals surface area contributed by atoms with Crippen molar-refractivity contribution in [3.63, 3.8) is 0 Å². The summed E-state index contributed by atoms with van der Waals surface area (Å²) in [6, 6.07) is 8.76. The van der Waals surface area contributed by atoms with E-state index < -0.39 is 0 Å². The lowest BCUT2D eigenvalue weighted by molar-refractivity contribution is -0.119. The van der Waals surface area contributed by atoms with E-state index in [0.717, 1.165) is 41.9 Å². The number of rotatable bonds is 2. The number of hydrogen-bond acceptors (Lipinski definition) is 2. The fraction of sp³-hybridized carbons (Fsp3) is 0.263. The lowest BCUT2D eigenvalue weighted by Gasteiger charge is -2.35. The average molecular weight is 375 g/mol. The van der Waals surface area contributed by atoms with Gasteiger partial charge in [0.1, 0.15) is 0 Å². The van der Waals surface area contributed by atoms with E-state index in [-0.39, 0.29) is 11.8 Å². The minimum absolute atomic E-state index is 0.195. The Balaban J connectivity index is 1.65. The van der Waals surface area contributed by atoms with Crippen LogP contribution in [0, 0.1) is 0 Å². The van der Waals surface area contributed by atoms with Crippen molar-refractivity contribution in [3.05, 3.63) is 57.1 Å². The monoisotopic (exact) mass is 374 g/mol. The van der Waals surface area contributed by atoms with Crippen molar-refractivity contribution in [1.82, 2.24) is 0 Å². The Hall–Kier alpha value is -2.04. The predicted octanol–water partition coefficient (Wildman–Crippen LogP) is 4.47. The first-order chi connectivity index (χ1) is 12.0. The number of carbonyl (C=O) groups excluding carboxylic acids is 2. The highest BCUT2D eigenvalue weighted by Crippen LogP contribution is 2.38. The second kappa shape index (κ2) is 6.36. The van der Waals surface area contributed by atoms with E-state index in [1.165, 1.54) is 0 Å². The molecule has 2 heterocycles. The van der Waals surface area contributed by atoms with Crippen LogP contribution < -0.4 is 10.2 Å². The molecule has 0 saturated heterocycles. The second-order valence-electron chi connectivity index (χ2n) is 6.38. The van der Waals surface area contributed by atoms with E-state index in [0.29, 0.717) is 28.5 Å². The van der Waals surface area contributed by atoms with Gasteiger partial charge >= 0.3 is 0 Å². The molecule has 0 saturated carbocycles. The molecular formula is C19H16Cl2N2O2. The summed E-state index contributed by atoms with van der Waals surface area (Å²) < 4.78 is 0. The molecule has 0 atom stereocenters. The van der Waals surface area contributed by atoms with E-state index >= 15 is 0 Å².